The number of amides is 1. The van der Waals surface area contributed by atoms with Crippen molar-refractivity contribution in [3.05, 3.63) is 45.7 Å². The first-order valence-corrected chi connectivity index (χ1v) is 7.83. The van der Waals surface area contributed by atoms with Crippen LogP contribution in [0.25, 0.3) is 0 Å². The molecule has 5 nitrogen and oxygen atoms in total. The van der Waals surface area contributed by atoms with Crippen molar-refractivity contribution >= 4 is 17.2 Å². The minimum absolute atomic E-state index is 0.0499. The van der Waals surface area contributed by atoms with Crippen LogP contribution in [0.3, 0.4) is 0 Å². The van der Waals surface area contributed by atoms with Crippen LogP contribution in [0, 0.1) is 13.8 Å². The van der Waals surface area contributed by atoms with Crippen LogP contribution in [-0.2, 0) is 4.74 Å². The fourth-order valence-corrected chi connectivity index (χ4v) is 3.09. The minimum Gasteiger partial charge on any atom is -0.367 e. The van der Waals surface area contributed by atoms with Gasteiger partial charge in [0.1, 0.15) is 6.10 Å². The number of rotatable bonds is 2. The van der Waals surface area contributed by atoms with E-state index in [1.807, 2.05) is 41.6 Å². The second-order valence-corrected chi connectivity index (χ2v) is 5.91. The Kier molecular flexibility index (Phi) is 3.98. The molecule has 0 spiro atoms. The van der Waals surface area contributed by atoms with Gasteiger partial charge in [-0.05, 0) is 31.4 Å². The van der Waals surface area contributed by atoms with Crippen LogP contribution in [0.4, 0.5) is 0 Å². The number of ether oxygens (including phenoxy) is 1. The molecule has 110 valence electrons. The summed E-state index contributed by atoms with van der Waals surface area (Å²) in [6.45, 7) is 5.50. The number of carbonyl (C=O) groups is 1. The maximum absolute atomic E-state index is 12.4. The van der Waals surface area contributed by atoms with Gasteiger partial charge in [0, 0.05) is 23.3 Å². The summed E-state index contributed by atoms with van der Waals surface area (Å²) in [6, 6.07) is 3.78. The van der Waals surface area contributed by atoms with Gasteiger partial charge in [0.2, 0.25) is 0 Å². The van der Waals surface area contributed by atoms with E-state index in [1.54, 1.807) is 0 Å². The van der Waals surface area contributed by atoms with Crippen molar-refractivity contribution in [3.8, 4) is 0 Å². The third-order valence-electron chi connectivity index (χ3n) is 3.41. The molecule has 1 aliphatic rings. The molecule has 0 radical (unpaired) electrons. The Balaban J connectivity index is 1.78. The predicted molar refractivity (Wildman–Crippen MR) is 80.4 cm³/mol. The molecule has 1 amide bonds. The van der Waals surface area contributed by atoms with Crippen molar-refractivity contribution in [1.82, 2.24) is 14.9 Å². The summed E-state index contributed by atoms with van der Waals surface area (Å²) in [7, 11) is 0. The third-order valence-corrected chi connectivity index (χ3v) is 4.09. The molecule has 2 aromatic heterocycles. The predicted octanol–water partition coefficient (Wildman–Crippen LogP) is 2.37. The van der Waals surface area contributed by atoms with E-state index in [4.69, 9.17) is 4.74 Å². The zero-order valence-corrected chi connectivity index (χ0v) is 12.9. The van der Waals surface area contributed by atoms with E-state index in [0.717, 1.165) is 17.0 Å². The van der Waals surface area contributed by atoms with Gasteiger partial charge in [-0.1, -0.05) is 0 Å². The Hall–Kier alpha value is -1.79. The van der Waals surface area contributed by atoms with E-state index in [-0.39, 0.29) is 12.0 Å². The lowest BCUT2D eigenvalue weighted by Crippen LogP contribution is -2.42. The van der Waals surface area contributed by atoms with Crippen molar-refractivity contribution < 1.29 is 9.53 Å². The van der Waals surface area contributed by atoms with Crippen molar-refractivity contribution in [2.45, 2.75) is 20.0 Å². The Bertz CT molecular complexity index is 622. The lowest BCUT2D eigenvalue weighted by atomic mass is 10.2. The first-order chi connectivity index (χ1) is 10.1. The summed E-state index contributed by atoms with van der Waals surface area (Å²) in [6.07, 6.45) is -0.250. The van der Waals surface area contributed by atoms with Gasteiger partial charge >= 0.3 is 0 Å². The molecule has 3 rings (SSSR count). The fraction of sp³-hybridized carbons (Fsp3) is 0.400. The van der Waals surface area contributed by atoms with Gasteiger partial charge in [-0.15, -0.1) is 0 Å². The molecule has 0 saturated carbocycles. The Morgan fingerprint density at radius 3 is 2.81 bits per heavy atom. The van der Waals surface area contributed by atoms with Gasteiger partial charge in [0.25, 0.3) is 5.91 Å². The zero-order valence-electron chi connectivity index (χ0n) is 12.1. The summed E-state index contributed by atoms with van der Waals surface area (Å²) in [5.74, 6) is 0.712. The number of morpholine rings is 1. The monoisotopic (exact) mass is 303 g/mol. The average molecular weight is 303 g/mol. The highest BCUT2D eigenvalue weighted by molar-refractivity contribution is 7.08. The van der Waals surface area contributed by atoms with Gasteiger partial charge < -0.3 is 9.64 Å². The van der Waals surface area contributed by atoms with Crippen molar-refractivity contribution in [3.63, 3.8) is 0 Å². The molecular weight excluding hydrogens is 286 g/mol. The maximum atomic E-state index is 12.4. The number of carbonyl (C=O) groups excluding carboxylic acids is 1. The molecule has 0 bridgehead atoms. The summed E-state index contributed by atoms with van der Waals surface area (Å²) in [4.78, 5) is 23.1. The average Bonchev–Trinajstić information content (AvgIpc) is 3.00. The smallest absolute Gasteiger partial charge is 0.254 e. The van der Waals surface area contributed by atoms with Crippen molar-refractivity contribution in [2.24, 2.45) is 0 Å². The highest BCUT2D eigenvalue weighted by Crippen LogP contribution is 2.21. The minimum atomic E-state index is -0.250. The SMILES string of the molecule is Cc1cc(C)nc([C@H]2CN(C(=O)c3ccsc3)CCO2)n1. The van der Waals surface area contributed by atoms with Crippen molar-refractivity contribution in [1.29, 1.82) is 0 Å². The standard InChI is InChI=1S/C15H17N3O2S/c1-10-7-11(2)17-14(16-10)13-8-18(4-5-20-13)15(19)12-3-6-21-9-12/h3,6-7,9,13H,4-5,8H2,1-2H3/t13-/m1/s1. The van der Waals surface area contributed by atoms with Crippen LogP contribution in [0.15, 0.2) is 22.9 Å². The molecule has 2 aromatic rings. The lowest BCUT2D eigenvalue weighted by Gasteiger charge is -2.32. The largest absolute Gasteiger partial charge is 0.367 e. The molecule has 1 aliphatic heterocycles. The van der Waals surface area contributed by atoms with Gasteiger partial charge in [0.05, 0.1) is 18.7 Å². The first-order valence-electron chi connectivity index (χ1n) is 6.89. The fourth-order valence-electron chi connectivity index (χ4n) is 2.46. The van der Waals surface area contributed by atoms with Crippen LogP contribution < -0.4 is 0 Å². The summed E-state index contributed by atoms with van der Waals surface area (Å²) in [5.41, 5.74) is 2.58. The second kappa shape index (κ2) is 5.91. The number of aromatic nitrogens is 2. The summed E-state index contributed by atoms with van der Waals surface area (Å²) < 4.78 is 5.76. The molecule has 3 heterocycles. The number of thiophene rings is 1. The molecule has 0 N–H and O–H groups in total. The molecule has 0 aromatic carbocycles. The first kappa shape index (κ1) is 14.2. The van der Waals surface area contributed by atoms with Crippen molar-refractivity contribution in [2.75, 3.05) is 19.7 Å². The van der Waals surface area contributed by atoms with Crippen LogP contribution in [0.2, 0.25) is 0 Å². The molecule has 0 unspecified atom stereocenters. The summed E-state index contributed by atoms with van der Waals surface area (Å²) in [5, 5.41) is 3.79. The topological polar surface area (TPSA) is 55.3 Å². The van der Waals surface area contributed by atoms with Crippen LogP contribution in [-0.4, -0.2) is 40.5 Å². The Labute approximate surface area is 127 Å². The van der Waals surface area contributed by atoms with E-state index in [0.29, 0.717) is 25.5 Å². The number of hydrogen-bond acceptors (Lipinski definition) is 5. The lowest BCUT2D eigenvalue weighted by molar-refractivity contribution is -0.0269. The molecule has 1 fully saturated rings. The van der Waals surface area contributed by atoms with Crippen LogP contribution >= 0.6 is 11.3 Å². The van der Waals surface area contributed by atoms with E-state index in [1.165, 1.54) is 11.3 Å². The number of hydrogen-bond donors (Lipinski definition) is 0. The van der Waals surface area contributed by atoms with Crippen LogP contribution in [0.5, 0.6) is 0 Å². The molecule has 0 aliphatic carbocycles. The van der Waals surface area contributed by atoms with E-state index in [9.17, 15) is 4.79 Å². The summed E-state index contributed by atoms with van der Waals surface area (Å²) >= 11 is 1.53. The van der Waals surface area contributed by atoms with E-state index < -0.39 is 0 Å². The normalized spacial score (nSPS) is 18.8. The zero-order chi connectivity index (χ0) is 14.8. The van der Waals surface area contributed by atoms with Gasteiger partial charge in [-0.25, -0.2) is 9.97 Å². The number of nitrogens with zero attached hydrogens (tertiary/aromatic N) is 3. The second-order valence-electron chi connectivity index (χ2n) is 5.13. The van der Waals surface area contributed by atoms with Gasteiger partial charge in [0.15, 0.2) is 5.82 Å². The maximum Gasteiger partial charge on any atom is 0.254 e. The third kappa shape index (κ3) is 3.11. The van der Waals surface area contributed by atoms with Gasteiger partial charge in [-0.2, -0.15) is 11.3 Å². The molecular formula is C15H17N3O2S. The van der Waals surface area contributed by atoms with E-state index >= 15 is 0 Å². The Morgan fingerprint density at radius 1 is 1.38 bits per heavy atom. The Morgan fingerprint density at radius 2 is 2.14 bits per heavy atom. The molecule has 6 heteroatoms. The molecule has 1 atom stereocenters. The highest BCUT2D eigenvalue weighted by atomic mass is 32.1. The molecule has 1 saturated heterocycles. The van der Waals surface area contributed by atoms with Crippen LogP contribution in [0.1, 0.15) is 33.7 Å². The van der Waals surface area contributed by atoms with E-state index in [2.05, 4.69) is 9.97 Å². The molecule has 21 heavy (non-hydrogen) atoms. The van der Waals surface area contributed by atoms with Gasteiger partial charge in [-0.3, -0.25) is 4.79 Å². The number of aryl methyl sites for hydroxylation is 2. The quantitative estimate of drug-likeness (QED) is 0.854. The highest BCUT2D eigenvalue weighted by Gasteiger charge is 2.28.